The van der Waals surface area contributed by atoms with Gasteiger partial charge in [0.25, 0.3) is 0 Å². The van der Waals surface area contributed by atoms with Gasteiger partial charge in [-0.3, -0.25) is 0 Å². The smallest absolute Gasteiger partial charge is 0.130 e. The molecular weight excluding hydrogens is 274 g/mol. The van der Waals surface area contributed by atoms with Gasteiger partial charge in [0, 0.05) is 25.8 Å². The van der Waals surface area contributed by atoms with Crippen molar-refractivity contribution >= 4 is 5.82 Å². The van der Waals surface area contributed by atoms with Crippen LogP contribution in [0.2, 0.25) is 0 Å². The van der Waals surface area contributed by atoms with Crippen molar-refractivity contribution in [2.45, 2.75) is 77.6 Å². The van der Waals surface area contributed by atoms with Crippen LogP contribution in [0.5, 0.6) is 0 Å². The molecule has 2 N–H and O–H groups in total. The number of aromatic nitrogens is 2. The first-order chi connectivity index (χ1) is 10.8. The summed E-state index contributed by atoms with van der Waals surface area (Å²) < 4.78 is 5.65. The summed E-state index contributed by atoms with van der Waals surface area (Å²) in [5.74, 6) is 1.44. The highest BCUT2D eigenvalue weighted by Gasteiger charge is 1.98. The van der Waals surface area contributed by atoms with Crippen LogP contribution in [-0.2, 0) is 11.2 Å². The minimum absolute atomic E-state index is 0.569. The Bertz CT molecular complexity index is 371. The lowest BCUT2D eigenvalue weighted by Crippen LogP contribution is -1.99. The molecule has 0 radical (unpaired) electrons. The van der Waals surface area contributed by atoms with Gasteiger partial charge in [0.2, 0.25) is 0 Å². The number of anilines is 1. The Balaban J connectivity index is 1.80. The summed E-state index contributed by atoms with van der Waals surface area (Å²) >= 11 is 0. The molecule has 1 heterocycles. The molecule has 126 valence electrons. The zero-order valence-corrected chi connectivity index (χ0v) is 14.2. The van der Waals surface area contributed by atoms with Gasteiger partial charge in [-0.05, 0) is 25.3 Å². The maximum atomic E-state index is 5.65. The van der Waals surface area contributed by atoms with E-state index in [1.165, 1.54) is 57.8 Å². The lowest BCUT2D eigenvalue weighted by Gasteiger charge is -2.04. The van der Waals surface area contributed by atoms with E-state index < -0.39 is 0 Å². The van der Waals surface area contributed by atoms with Crippen LogP contribution in [-0.4, -0.2) is 23.2 Å². The van der Waals surface area contributed by atoms with Crippen molar-refractivity contribution in [3.05, 3.63) is 18.1 Å². The predicted octanol–water partition coefficient (Wildman–Crippen LogP) is 4.54. The lowest BCUT2D eigenvalue weighted by molar-refractivity contribution is 0.125. The van der Waals surface area contributed by atoms with E-state index in [0.717, 1.165) is 31.9 Å². The van der Waals surface area contributed by atoms with Gasteiger partial charge in [-0.15, -0.1) is 0 Å². The molecular formula is C18H33N3O. The van der Waals surface area contributed by atoms with E-state index in [1.54, 1.807) is 12.3 Å². The Labute approximate surface area is 135 Å². The first kappa shape index (κ1) is 18.9. The molecule has 0 saturated heterocycles. The number of nitrogen functional groups attached to an aromatic ring is 1. The Morgan fingerprint density at radius 1 is 0.909 bits per heavy atom. The number of hydrogen-bond acceptors (Lipinski definition) is 4. The van der Waals surface area contributed by atoms with Crippen molar-refractivity contribution in [2.75, 3.05) is 18.9 Å². The van der Waals surface area contributed by atoms with Crippen LogP contribution >= 0.6 is 0 Å². The molecule has 1 aromatic rings. The van der Waals surface area contributed by atoms with E-state index in [4.69, 9.17) is 10.5 Å². The summed E-state index contributed by atoms with van der Waals surface area (Å²) in [4.78, 5) is 8.44. The second-order valence-corrected chi connectivity index (χ2v) is 5.94. The molecule has 0 aliphatic carbocycles. The largest absolute Gasteiger partial charge is 0.384 e. The van der Waals surface area contributed by atoms with E-state index in [9.17, 15) is 0 Å². The summed E-state index contributed by atoms with van der Waals surface area (Å²) in [6.45, 7) is 4.12. The first-order valence-corrected chi connectivity index (χ1v) is 8.98. The van der Waals surface area contributed by atoms with Crippen molar-refractivity contribution in [3.8, 4) is 0 Å². The summed E-state index contributed by atoms with van der Waals surface area (Å²) in [5.41, 5.74) is 5.64. The molecule has 1 rings (SSSR count). The molecule has 0 unspecified atom stereocenters. The van der Waals surface area contributed by atoms with Crippen molar-refractivity contribution in [1.82, 2.24) is 9.97 Å². The molecule has 0 saturated carbocycles. The monoisotopic (exact) mass is 307 g/mol. The third-order valence-corrected chi connectivity index (χ3v) is 3.81. The number of ether oxygens (including phenoxy) is 1. The topological polar surface area (TPSA) is 61.0 Å². The molecule has 4 nitrogen and oxygen atoms in total. The number of aryl methyl sites for hydroxylation is 1. The van der Waals surface area contributed by atoms with E-state index in [1.807, 2.05) is 0 Å². The fourth-order valence-corrected chi connectivity index (χ4v) is 2.46. The number of rotatable bonds is 14. The molecule has 0 spiro atoms. The zero-order chi connectivity index (χ0) is 15.9. The SMILES string of the molecule is CCCCCCOCCCCCCCCc1nccc(N)n1. The van der Waals surface area contributed by atoms with E-state index in [2.05, 4.69) is 16.9 Å². The van der Waals surface area contributed by atoms with Gasteiger partial charge in [-0.1, -0.05) is 51.9 Å². The van der Waals surface area contributed by atoms with Gasteiger partial charge < -0.3 is 10.5 Å². The first-order valence-electron chi connectivity index (χ1n) is 8.98. The molecule has 0 aliphatic rings. The van der Waals surface area contributed by atoms with Gasteiger partial charge in [-0.25, -0.2) is 9.97 Å². The Kier molecular flexibility index (Phi) is 11.6. The molecule has 0 fully saturated rings. The minimum atomic E-state index is 0.569. The fourth-order valence-electron chi connectivity index (χ4n) is 2.46. The van der Waals surface area contributed by atoms with Crippen molar-refractivity contribution in [3.63, 3.8) is 0 Å². The summed E-state index contributed by atoms with van der Waals surface area (Å²) in [6.07, 6.45) is 15.3. The summed E-state index contributed by atoms with van der Waals surface area (Å²) in [6, 6.07) is 1.73. The lowest BCUT2D eigenvalue weighted by atomic mass is 10.1. The number of nitrogens with zero attached hydrogens (tertiary/aromatic N) is 2. The van der Waals surface area contributed by atoms with Crippen molar-refractivity contribution in [1.29, 1.82) is 0 Å². The van der Waals surface area contributed by atoms with E-state index in [-0.39, 0.29) is 0 Å². The van der Waals surface area contributed by atoms with E-state index in [0.29, 0.717) is 5.82 Å². The van der Waals surface area contributed by atoms with Crippen LogP contribution in [0, 0.1) is 0 Å². The second-order valence-electron chi connectivity index (χ2n) is 5.94. The van der Waals surface area contributed by atoms with Crippen LogP contribution in [0.4, 0.5) is 5.82 Å². The Morgan fingerprint density at radius 3 is 2.23 bits per heavy atom. The van der Waals surface area contributed by atoms with Gasteiger partial charge in [0.15, 0.2) is 0 Å². The zero-order valence-electron chi connectivity index (χ0n) is 14.2. The molecule has 0 atom stereocenters. The molecule has 0 amide bonds. The van der Waals surface area contributed by atoms with Gasteiger partial charge in [-0.2, -0.15) is 0 Å². The number of unbranched alkanes of at least 4 members (excludes halogenated alkanes) is 8. The Morgan fingerprint density at radius 2 is 1.55 bits per heavy atom. The Hall–Kier alpha value is -1.16. The average Bonchev–Trinajstić information content (AvgIpc) is 2.52. The minimum Gasteiger partial charge on any atom is -0.384 e. The third kappa shape index (κ3) is 10.6. The maximum absolute atomic E-state index is 5.65. The highest BCUT2D eigenvalue weighted by Crippen LogP contribution is 2.08. The van der Waals surface area contributed by atoms with Gasteiger partial charge in [0.1, 0.15) is 11.6 Å². The standard InChI is InChI=1S/C18H33N3O/c1-2-3-4-10-15-22-16-11-8-6-5-7-9-12-18-20-14-13-17(19)21-18/h13-14H,2-12,15-16H2,1H3,(H2,19,20,21). The third-order valence-electron chi connectivity index (χ3n) is 3.81. The molecule has 0 bridgehead atoms. The second kappa shape index (κ2) is 13.5. The van der Waals surface area contributed by atoms with Gasteiger partial charge in [0.05, 0.1) is 0 Å². The van der Waals surface area contributed by atoms with Crippen LogP contribution in [0.3, 0.4) is 0 Å². The maximum Gasteiger partial charge on any atom is 0.130 e. The van der Waals surface area contributed by atoms with Crippen molar-refractivity contribution < 1.29 is 4.74 Å². The van der Waals surface area contributed by atoms with Crippen LogP contribution in [0.25, 0.3) is 0 Å². The molecule has 4 heteroatoms. The quantitative estimate of drug-likeness (QED) is 0.513. The number of nitrogens with two attached hydrogens (primary N) is 1. The molecule has 0 aliphatic heterocycles. The highest BCUT2D eigenvalue weighted by molar-refractivity contribution is 5.24. The van der Waals surface area contributed by atoms with Gasteiger partial charge >= 0.3 is 0 Å². The molecule has 0 aromatic carbocycles. The normalized spacial score (nSPS) is 11.0. The summed E-state index contributed by atoms with van der Waals surface area (Å²) in [7, 11) is 0. The fraction of sp³-hybridized carbons (Fsp3) is 0.778. The van der Waals surface area contributed by atoms with Crippen molar-refractivity contribution in [2.24, 2.45) is 0 Å². The van der Waals surface area contributed by atoms with Crippen LogP contribution in [0.15, 0.2) is 12.3 Å². The predicted molar refractivity (Wildman–Crippen MR) is 92.8 cm³/mol. The van der Waals surface area contributed by atoms with E-state index >= 15 is 0 Å². The number of hydrogen-bond donors (Lipinski definition) is 1. The highest BCUT2D eigenvalue weighted by atomic mass is 16.5. The summed E-state index contributed by atoms with van der Waals surface area (Å²) in [5, 5.41) is 0. The average molecular weight is 307 g/mol. The van der Waals surface area contributed by atoms with Crippen LogP contribution in [0.1, 0.15) is 77.0 Å². The van der Waals surface area contributed by atoms with Crippen LogP contribution < -0.4 is 5.73 Å². The molecule has 1 aromatic heterocycles. The molecule has 22 heavy (non-hydrogen) atoms.